The lowest BCUT2D eigenvalue weighted by Gasteiger charge is -1.48. The van der Waals surface area contributed by atoms with Gasteiger partial charge in [-0.25, -0.2) is 0 Å². The number of hydrogen-bond donors (Lipinski definition) is 2. The molecule has 0 aliphatic carbocycles. The Morgan fingerprint density at radius 1 is 0.636 bits per heavy atom. The summed E-state index contributed by atoms with van der Waals surface area (Å²) >= 11 is 0. The Morgan fingerprint density at radius 2 is 0.909 bits per heavy atom. The zero-order valence-corrected chi connectivity index (χ0v) is 6.60. The van der Waals surface area contributed by atoms with Crippen LogP contribution in [0.5, 0.6) is 0 Å². The van der Waals surface area contributed by atoms with Gasteiger partial charge in [-0.3, -0.25) is 0 Å². The van der Waals surface area contributed by atoms with E-state index < -0.39 is 0 Å². The van der Waals surface area contributed by atoms with Crippen molar-refractivity contribution < 1.29 is 0 Å². The maximum absolute atomic E-state index is 3.49. The van der Waals surface area contributed by atoms with Crippen molar-refractivity contribution in [2.75, 3.05) is 0 Å². The van der Waals surface area contributed by atoms with Gasteiger partial charge in [-0.2, -0.15) is 30.8 Å². The van der Waals surface area contributed by atoms with Gasteiger partial charge in [0.25, 0.3) is 0 Å². The highest BCUT2D eigenvalue weighted by Crippen LogP contribution is 1.56. The second kappa shape index (κ2) is 6.61. The molecular formula is C4H6N6Si. The maximum Gasteiger partial charge on any atom is 0.0690 e. The van der Waals surface area contributed by atoms with Crippen LogP contribution < -0.4 is 0 Å². The smallest absolute Gasteiger partial charge is 0.0690 e. The Bertz CT molecular complexity index is 154. The van der Waals surface area contributed by atoms with Gasteiger partial charge in [0.2, 0.25) is 0 Å². The van der Waals surface area contributed by atoms with Crippen molar-refractivity contribution in [1.29, 1.82) is 0 Å². The summed E-state index contributed by atoms with van der Waals surface area (Å²) in [6.45, 7) is 0. The van der Waals surface area contributed by atoms with E-state index in [0.29, 0.717) is 0 Å². The normalized spacial score (nSPS) is 7.27. The van der Waals surface area contributed by atoms with E-state index in [1.54, 1.807) is 24.8 Å². The van der Waals surface area contributed by atoms with Gasteiger partial charge in [-0.05, 0) is 0 Å². The van der Waals surface area contributed by atoms with E-state index in [4.69, 9.17) is 0 Å². The predicted molar refractivity (Wildman–Crippen MR) is 38.5 cm³/mol. The van der Waals surface area contributed by atoms with Gasteiger partial charge in [0.1, 0.15) is 0 Å². The Balaban J connectivity index is 0.000000167. The molecule has 7 heteroatoms. The van der Waals surface area contributed by atoms with E-state index in [1.807, 2.05) is 0 Å². The number of rotatable bonds is 0. The van der Waals surface area contributed by atoms with Gasteiger partial charge in [-0.1, -0.05) is 0 Å². The second-order valence-electron chi connectivity index (χ2n) is 1.31. The van der Waals surface area contributed by atoms with Crippen molar-refractivity contribution in [3.63, 3.8) is 0 Å². The molecular weight excluding hydrogens is 160 g/mol. The Labute approximate surface area is 67.4 Å². The average molecular weight is 166 g/mol. The molecule has 0 bridgehead atoms. The zero-order chi connectivity index (χ0) is 7.07. The standard InChI is InChI=1S/2C2H3N3.Si/c2*1-2-4-5-3-1;/h2*1-2H,(H,3,4,5);. The fraction of sp³-hybridized carbons (Fsp3) is 0. The van der Waals surface area contributed by atoms with E-state index in [-0.39, 0.29) is 11.0 Å². The topological polar surface area (TPSA) is 83.1 Å². The minimum Gasteiger partial charge on any atom is -0.198 e. The fourth-order valence-electron chi connectivity index (χ4n) is 0.333. The van der Waals surface area contributed by atoms with Crippen LogP contribution in [0.25, 0.3) is 0 Å². The van der Waals surface area contributed by atoms with E-state index in [1.165, 1.54) is 0 Å². The molecule has 0 amide bonds. The van der Waals surface area contributed by atoms with Crippen LogP contribution in [-0.2, 0) is 0 Å². The first-order valence-corrected chi connectivity index (χ1v) is 2.59. The lowest BCUT2D eigenvalue weighted by Crippen LogP contribution is -1.61. The third kappa shape index (κ3) is 4.97. The maximum atomic E-state index is 3.49. The molecule has 56 valence electrons. The van der Waals surface area contributed by atoms with Crippen molar-refractivity contribution in [3.8, 4) is 0 Å². The summed E-state index contributed by atoms with van der Waals surface area (Å²) in [5, 5.41) is 18.7. The number of H-pyrrole nitrogens is 2. The minimum absolute atomic E-state index is 0. The number of nitrogens with zero attached hydrogens (tertiary/aromatic N) is 4. The molecule has 0 aromatic carbocycles. The molecule has 0 fully saturated rings. The van der Waals surface area contributed by atoms with Crippen LogP contribution in [0.15, 0.2) is 24.8 Å². The van der Waals surface area contributed by atoms with Crippen LogP contribution in [0.1, 0.15) is 0 Å². The van der Waals surface area contributed by atoms with Gasteiger partial charge in [0.05, 0.1) is 24.8 Å². The van der Waals surface area contributed by atoms with Gasteiger partial charge >= 0.3 is 0 Å². The third-order valence-electron chi connectivity index (χ3n) is 0.662. The summed E-state index contributed by atoms with van der Waals surface area (Å²) in [4.78, 5) is 0. The fourth-order valence-corrected chi connectivity index (χ4v) is 0.333. The van der Waals surface area contributed by atoms with Crippen molar-refractivity contribution in [2.24, 2.45) is 0 Å². The number of aromatic nitrogens is 6. The van der Waals surface area contributed by atoms with Crippen LogP contribution in [0.2, 0.25) is 0 Å². The van der Waals surface area contributed by atoms with E-state index >= 15 is 0 Å². The molecule has 11 heavy (non-hydrogen) atoms. The lowest BCUT2D eigenvalue weighted by molar-refractivity contribution is 0.940. The van der Waals surface area contributed by atoms with E-state index in [9.17, 15) is 0 Å². The molecule has 2 aromatic rings. The molecule has 0 saturated heterocycles. The third-order valence-corrected chi connectivity index (χ3v) is 0.662. The molecule has 0 aliphatic heterocycles. The summed E-state index contributed by atoms with van der Waals surface area (Å²) in [7, 11) is 0. The van der Waals surface area contributed by atoms with Crippen molar-refractivity contribution in [2.45, 2.75) is 0 Å². The molecule has 2 heterocycles. The van der Waals surface area contributed by atoms with E-state index in [0.717, 1.165) is 0 Å². The van der Waals surface area contributed by atoms with Gasteiger partial charge in [0, 0.05) is 11.0 Å². The highest BCUT2D eigenvalue weighted by Gasteiger charge is 1.57. The van der Waals surface area contributed by atoms with Gasteiger partial charge in [-0.15, -0.1) is 0 Å². The molecule has 0 spiro atoms. The highest BCUT2D eigenvalue weighted by atomic mass is 28.1. The lowest BCUT2D eigenvalue weighted by atomic mass is 11.0. The molecule has 6 nitrogen and oxygen atoms in total. The molecule has 0 saturated carbocycles. The van der Waals surface area contributed by atoms with Crippen molar-refractivity contribution in [3.05, 3.63) is 24.8 Å². The van der Waals surface area contributed by atoms with Gasteiger partial charge in [0.15, 0.2) is 0 Å². The SMILES string of the molecule is [Si].c1cn[nH]n1.c1cn[nH]n1. The predicted octanol–water partition coefficient (Wildman–Crippen LogP) is -0.771. The summed E-state index contributed by atoms with van der Waals surface area (Å²) in [5.41, 5.74) is 0. The van der Waals surface area contributed by atoms with Gasteiger partial charge < -0.3 is 0 Å². The summed E-state index contributed by atoms with van der Waals surface area (Å²) in [5.74, 6) is 0. The zero-order valence-electron chi connectivity index (χ0n) is 5.60. The van der Waals surface area contributed by atoms with Crippen LogP contribution in [0, 0.1) is 0 Å². The van der Waals surface area contributed by atoms with Crippen molar-refractivity contribution in [1.82, 2.24) is 30.8 Å². The first-order valence-electron chi connectivity index (χ1n) is 2.59. The Hall–Kier alpha value is -1.50. The number of nitrogens with one attached hydrogen (secondary N) is 2. The number of hydrogen-bond acceptors (Lipinski definition) is 4. The largest absolute Gasteiger partial charge is 0.198 e. The van der Waals surface area contributed by atoms with Crippen LogP contribution >= 0.6 is 0 Å². The molecule has 2 aromatic heterocycles. The average Bonchev–Trinajstić information content (AvgIpc) is 2.67. The molecule has 0 atom stereocenters. The summed E-state index contributed by atoms with van der Waals surface area (Å²) in [6, 6.07) is 0. The number of aromatic amines is 2. The first kappa shape index (κ1) is 9.50. The first-order chi connectivity index (χ1) is 5.00. The molecule has 2 rings (SSSR count). The second-order valence-corrected chi connectivity index (χ2v) is 1.31. The molecule has 4 radical (unpaired) electrons. The molecule has 0 aliphatic rings. The van der Waals surface area contributed by atoms with Crippen LogP contribution in [-0.4, -0.2) is 41.8 Å². The van der Waals surface area contributed by atoms with Crippen LogP contribution in [0.4, 0.5) is 0 Å². The summed E-state index contributed by atoms with van der Waals surface area (Å²) in [6.07, 6.45) is 6.33. The van der Waals surface area contributed by atoms with Crippen LogP contribution in [0.3, 0.4) is 0 Å². The Morgan fingerprint density at radius 3 is 1.00 bits per heavy atom. The molecule has 2 N–H and O–H groups in total. The molecule has 0 unspecified atom stereocenters. The Kier molecular flexibility index (Phi) is 5.71. The van der Waals surface area contributed by atoms with Crippen molar-refractivity contribution >= 4 is 11.0 Å². The highest BCUT2D eigenvalue weighted by molar-refractivity contribution is 5.75. The minimum atomic E-state index is 0. The quantitative estimate of drug-likeness (QED) is 0.503. The monoisotopic (exact) mass is 166 g/mol. The summed E-state index contributed by atoms with van der Waals surface area (Å²) < 4.78 is 0. The van der Waals surface area contributed by atoms with E-state index in [2.05, 4.69) is 30.8 Å².